The minimum atomic E-state index is -1.26. The molecule has 0 atom stereocenters. The monoisotopic (exact) mass is 287 g/mol. The molecule has 0 radical (unpaired) electrons. The lowest BCUT2D eigenvalue weighted by molar-refractivity contribution is -0.134. The van der Waals surface area contributed by atoms with E-state index in [1.807, 2.05) is 30.3 Å². The van der Waals surface area contributed by atoms with Gasteiger partial charge in [-0.3, -0.25) is 4.79 Å². The molecule has 108 valence electrons. The summed E-state index contributed by atoms with van der Waals surface area (Å²) in [6, 6.07) is 13.3. The number of carboxylic acid groups (broad SMARTS) is 2. The molecule has 1 amide bonds. The highest BCUT2D eigenvalue weighted by atomic mass is 16.4. The van der Waals surface area contributed by atoms with Crippen LogP contribution in [0.25, 0.3) is 10.8 Å². The molecule has 6 heteroatoms. The van der Waals surface area contributed by atoms with Crippen LogP contribution in [0, 0.1) is 0 Å². The van der Waals surface area contributed by atoms with Crippen molar-refractivity contribution in [1.82, 2.24) is 0 Å². The zero-order chi connectivity index (χ0) is 15.8. The zero-order valence-electron chi connectivity index (χ0n) is 10.9. The highest BCUT2D eigenvalue weighted by molar-refractivity contribution is 5.97. The van der Waals surface area contributed by atoms with Gasteiger partial charge in [0.2, 0.25) is 5.91 Å². The summed E-state index contributed by atoms with van der Waals surface area (Å²) >= 11 is 0. The molecule has 2 aromatic rings. The van der Waals surface area contributed by atoms with E-state index in [9.17, 15) is 14.4 Å². The van der Waals surface area contributed by atoms with Gasteiger partial charge in [-0.15, -0.1) is 0 Å². The van der Waals surface area contributed by atoms with Crippen LogP contribution >= 0.6 is 0 Å². The second kappa shape index (κ2) is 7.44. The Balaban J connectivity index is 0.000000240. The van der Waals surface area contributed by atoms with Crippen LogP contribution in [0.15, 0.2) is 54.6 Å². The lowest BCUT2D eigenvalue weighted by Crippen LogP contribution is -2.10. The van der Waals surface area contributed by atoms with Crippen LogP contribution in [-0.2, 0) is 9.59 Å². The molecule has 0 bridgehead atoms. The predicted molar refractivity (Wildman–Crippen MR) is 76.9 cm³/mol. The minimum Gasteiger partial charge on any atom is -0.478 e. The fourth-order valence-corrected chi connectivity index (χ4v) is 1.49. The van der Waals surface area contributed by atoms with E-state index in [4.69, 9.17) is 15.9 Å². The molecule has 0 saturated heterocycles. The Bertz CT molecular complexity index is 690. The van der Waals surface area contributed by atoms with E-state index in [1.165, 1.54) is 0 Å². The summed E-state index contributed by atoms with van der Waals surface area (Å²) < 4.78 is 0. The second-order valence-electron chi connectivity index (χ2n) is 3.94. The Hall–Kier alpha value is -3.15. The number of carbonyl (C=O) groups is 3. The van der Waals surface area contributed by atoms with Gasteiger partial charge in [-0.25, -0.2) is 9.59 Å². The SMILES string of the molecule is NC(=O)c1ccc2ccccc2c1.O=C(O)C=CC(=O)O. The maximum absolute atomic E-state index is 10.9. The maximum Gasteiger partial charge on any atom is 0.328 e. The van der Waals surface area contributed by atoms with Crippen molar-refractivity contribution in [3.63, 3.8) is 0 Å². The summed E-state index contributed by atoms with van der Waals surface area (Å²) in [5.74, 6) is -2.90. The van der Waals surface area contributed by atoms with Gasteiger partial charge in [0.1, 0.15) is 0 Å². The Morgan fingerprint density at radius 3 is 1.86 bits per heavy atom. The smallest absolute Gasteiger partial charge is 0.328 e. The number of benzene rings is 2. The van der Waals surface area contributed by atoms with E-state index in [0.717, 1.165) is 10.8 Å². The summed E-state index contributed by atoms with van der Waals surface area (Å²) in [7, 11) is 0. The molecule has 0 fully saturated rings. The van der Waals surface area contributed by atoms with Crippen molar-refractivity contribution in [2.24, 2.45) is 5.73 Å². The van der Waals surface area contributed by atoms with Gasteiger partial charge in [0.05, 0.1) is 0 Å². The highest BCUT2D eigenvalue weighted by Gasteiger charge is 1.99. The number of primary amides is 1. The standard InChI is InChI=1S/C11H9NO.C4H4O4/c12-11(13)10-6-5-8-3-1-2-4-9(8)7-10;5-3(6)1-2-4(7)8/h1-7H,(H2,12,13);1-2H,(H,5,6)(H,7,8). The third kappa shape index (κ3) is 5.56. The zero-order valence-corrected chi connectivity index (χ0v) is 10.9. The van der Waals surface area contributed by atoms with Crippen molar-refractivity contribution in [2.45, 2.75) is 0 Å². The van der Waals surface area contributed by atoms with Crippen LogP contribution < -0.4 is 5.73 Å². The molecule has 0 unspecified atom stereocenters. The lowest BCUT2D eigenvalue weighted by atomic mass is 10.1. The van der Waals surface area contributed by atoms with E-state index in [-0.39, 0.29) is 5.91 Å². The number of amides is 1. The van der Waals surface area contributed by atoms with Crippen LogP contribution in [0.3, 0.4) is 0 Å². The van der Waals surface area contributed by atoms with Crippen molar-refractivity contribution in [3.05, 3.63) is 60.2 Å². The largest absolute Gasteiger partial charge is 0.478 e. The maximum atomic E-state index is 10.9. The van der Waals surface area contributed by atoms with Crippen LogP contribution in [-0.4, -0.2) is 28.1 Å². The Labute approximate surface area is 120 Å². The summed E-state index contributed by atoms with van der Waals surface area (Å²) in [6.07, 6.45) is 1.12. The molecule has 0 aliphatic carbocycles. The number of carbonyl (C=O) groups excluding carboxylic acids is 1. The number of hydrogen-bond acceptors (Lipinski definition) is 3. The molecule has 21 heavy (non-hydrogen) atoms. The molecule has 0 heterocycles. The molecule has 0 saturated carbocycles. The first-order valence-corrected chi connectivity index (χ1v) is 5.82. The first-order valence-electron chi connectivity index (χ1n) is 5.82. The fraction of sp³-hybridized carbons (Fsp3) is 0. The summed E-state index contributed by atoms with van der Waals surface area (Å²) in [5, 5.41) is 17.8. The first-order chi connectivity index (χ1) is 9.90. The van der Waals surface area contributed by atoms with E-state index in [0.29, 0.717) is 17.7 Å². The van der Waals surface area contributed by atoms with Gasteiger partial charge in [0.25, 0.3) is 0 Å². The van der Waals surface area contributed by atoms with Gasteiger partial charge in [-0.2, -0.15) is 0 Å². The van der Waals surface area contributed by atoms with Crippen molar-refractivity contribution >= 4 is 28.6 Å². The number of hydrogen-bond donors (Lipinski definition) is 3. The number of aliphatic carboxylic acids is 2. The van der Waals surface area contributed by atoms with Crippen molar-refractivity contribution in [3.8, 4) is 0 Å². The predicted octanol–water partition coefficient (Wildman–Crippen LogP) is 1.65. The molecule has 2 rings (SSSR count). The number of carboxylic acids is 2. The van der Waals surface area contributed by atoms with Gasteiger partial charge < -0.3 is 15.9 Å². The average molecular weight is 287 g/mol. The number of fused-ring (bicyclic) bond motifs is 1. The van der Waals surface area contributed by atoms with Crippen molar-refractivity contribution in [2.75, 3.05) is 0 Å². The van der Waals surface area contributed by atoms with Gasteiger partial charge in [0.15, 0.2) is 0 Å². The van der Waals surface area contributed by atoms with Gasteiger partial charge in [-0.05, 0) is 22.9 Å². The number of rotatable bonds is 3. The van der Waals surface area contributed by atoms with Gasteiger partial charge in [-0.1, -0.05) is 30.3 Å². The average Bonchev–Trinajstić information content (AvgIpc) is 2.45. The molecular formula is C15H13NO5. The van der Waals surface area contributed by atoms with Crippen LogP contribution in [0.5, 0.6) is 0 Å². The molecular weight excluding hydrogens is 274 g/mol. The summed E-state index contributed by atoms with van der Waals surface area (Å²) in [6.45, 7) is 0. The molecule has 0 aromatic heterocycles. The third-order valence-electron chi connectivity index (χ3n) is 2.40. The highest BCUT2D eigenvalue weighted by Crippen LogP contribution is 2.14. The van der Waals surface area contributed by atoms with Crippen molar-refractivity contribution in [1.29, 1.82) is 0 Å². The molecule has 0 aliphatic heterocycles. The van der Waals surface area contributed by atoms with Crippen LogP contribution in [0.1, 0.15) is 10.4 Å². The van der Waals surface area contributed by atoms with E-state index < -0.39 is 11.9 Å². The normalized spacial score (nSPS) is 9.90. The quantitative estimate of drug-likeness (QED) is 0.742. The van der Waals surface area contributed by atoms with Gasteiger partial charge >= 0.3 is 11.9 Å². The fourth-order valence-electron chi connectivity index (χ4n) is 1.49. The third-order valence-corrected chi connectivity index (χ3v) is 2.40. The second-order valence-corrected chi connectivity index (χ2v) is 3.94. The Morgan fingerprint density at radius 2 is 1.38 bits per heavy atom. The van der Waals surface area contributed by atoms with Crippen molar-refractivity contribution < 1.29 is 24.6 Å². The summed E-state index contributed by atoms with van der Waals surface area (Å²) in [5.41, 5.74) is 5.72. The molecule has 2 aromatic carbocycles. The van der Waals surface area contributed by atoms with Crippen LogP contribution in [0.4, 0.5) is 0 Å². The Morgan fingerprint density at radius 1 is 0.857 bits per heavy atom. The molecule has 4 N–H and O–H groups in total. The van der Waals surface area contributed by atoms with E-state index in [2.05, 4.69) is 0 Å². The minimum absolute atomic E-state index is 0.384. The van der Waals surface area contributed by atoms with Crippen LogP contribution in [0.2, 0.25) is 0 Å². The molecule has 0 aliphatic rings. The number of nitrogens with two attached hydrogens (primary N) is 1. The van der Waals surface area contributed by atoms with E-state index in [1.54, 1.807) is 12.1 Å². The first kappa shape index (κ1) is 15.9. The molecule has 6 nitrogen and oxygen atoms in total. The summed E-state index contributed by atoms with van der Waals surface area (Å²) in [4.78, 5) is 30.0. The molecule has 0 spiro atoms. The van der Waals surface area contributed by atoms with E-state index >= 15 is 0 Å². The lowest BCUT2D eigenvalue weighted by Gasteiger charge is -1.98. The topological polar surface area (TPSA) is 118 Å². The van der Waals surface area contributed by atoms with Gasteiger partial charge in [0, 0.05) is 17.7 Å². The Kier molecular flexibility index (Phi) is 5.64.